The minimum atomic E-state index is -0.374. The minimum Gasteiger partial charge on any atom is -0.367 e. The van der Waals surface area contributed by atoms with E-state index in [1.54, 1.807) is 13.8 Å². The summed E-state index contributed by atoms with van der Waals surface area (Å²) < 4.78 is 14.8. The van der Waals surface area contributed by atoms with Crippen molar-refractivity contribution in [3.8, 4) is 0 Å². The van der Waals surface area contributed by atoms with E-state index in [1.807, 2.05) is 24.3 Å². The van der Waals surface area contributed by atoms with Gasteiger partial charge in [-0.05, 0) is 38.0 Å². The Balaban J connectivity index is 1.98. The maximum absolute atomic E-state index is 13.8. The second-order valence-electron chi connectivity index (χ2n) is 4.32. The van der Waals surface area contributed by atoms with E-state index in [-0.39, 0.29) is 11.6 Å². The van der Waals surface area contributed by atoms with E-state index in [2.05, 4.69) is 31.2 Å². The first-order valence-corrected chi connectivity index (χ1v) is 6.84. The number of aromatic nitrogens is 2. The smallest absolute Gasteiger partial charge is 0.186 e. The number of halogens is 2. The second-order valence-corrected chi connectivity index (χ2v) is 5.24. The Kier molecular flexibility index (Phi) is 4.47. The lowest BCUT2D eigenvalue weighted by atomic mass is 10.1. The van der Waals surface area contributed by atoms with Crippen LogP contribution in [0.1, 0.15) is 17.1 Å². The number of nitrogens with one attached hydrogen (secondary N) is 1. The third-order valence-corrected chi connectivity index (χ3v) is 3.28. The minimum absolute atomic E-state index is 0.280. The first-order chi connectivity index (χ1) is 9.06. The molecule has 0 fully saturated rings. The van der Waals surface area contributed by atoms with Crippen LogP contribution in [0.5, 0.6) is 0 Å². The third-order valence-electron chi connectivity index (χ3n) is 2.75. The fourth-order valence-electron chi connectivity index (χ4n) is 1.79. The van der Waals surface area contributed by atoms with E-state index in [0.29, 0.717) is 18.1 Å². The molecule has 0 spiro atoms. The van der Waals surface area contributed by atoms with Crippen LogP contribution in [-0.4, -0.2) is 16.5 Å². The van der Waals surface area contributed by atoms with Gasteiger partial charge in [0.1, 0.15) is 5.82 Å². The van der Waals surface area contributed by atoms with E-state index in [0.717, 1.165) is 10.9 Å². The normalized spacial score (nSPS) is 10.5. The van der Waals surface area contributed by atoms with Crippen LogP contribution in [-0.2, 0) is 6.42 Å². The predicted molar refractivity (Wildman–Crippen MR) is 77.8 cm³/mol. The van der Waals surface area contributed by atoms with Gasteiger partial charge in [-0.25, -0.2) is 14.4 Å². The van der Waals surface area contributed by atoms with Gasteiger partial charge in [0.25, 0.3) is 0 Å². The molecule has 0 aliphatic rings. The molecule has 0 aliphatic carbocycles. The Bertz CT molecular complexity index is 570. The Morgan fingerprint density at radius 3 is 2.53 bits per heavy atom. The number of hydrogen-bond acceptors (Lipinski definition) is 3. The molecule has 0 saturated heterocycles. The third kappa shape index (κ3) is 3.73. The summed E-state index contributed by atoms with van der Waals surface area (Å²) in [5.41, 5.74) is 1.57. The van der Waals surface area contributed by atoms with Crippen molar-refractivity contribution in [3.05, 3.63) is 51.6 Å². The van der Waals surface area contributed by atoms with Gasteiger partial charge in [-0.2, -0.15) is 0 Å². The zero-order valence-electron chi connectivity index (χ0n) is 10.9. The average Bonchev–Trinajstić information content (AvgIpc) is 2.37. The van der Waals surface area contributed by atoms with Crippen molar-refractivity contribution >= 4 is 21.7 Å². The highest BCUT2D eigenvalue weighted by Gasteiger charge is 2.08. The topological polar surface area (TPSA) is 37.8 Å². The summed E-state index contributed by atoms with van der Waals surface area (Å²) in [6.07, 6.45) is 0.814. The monoisotopic (exact) mass is 323 g/mol. The maximum atomic E-state index is 13.8. The summed E-state index contributed by atoms with van der Waals surface area (Å²) in [6.45, 7) is 4.03. The molecule has 100 valence electrons. The van der Waals surface area contributed by atoms with E-state index >= 15 is 0 Å². The highest BCUT2D eigenvalue weighted by molar-refractivity contribution is 9.10. The molecule has 3 nitrogen and oxygen atoms in total. The molecular formula is C14H15BrFN3. The van der Waals surface area contributed by atoms with Gasteiger partial charge in [-0.3, -0.25) is 0 Å². The number of nitrogens with zero attached hydrogens (tertiary/aromatic N) is 2. The molecule has 0 saturated carbocycles. The molecule has 5 heteroatoms. The fourth-order valence-corrected chi connectivity index (χ4v) is 2.06. The van der Waals surface area contributed by atoms with E-state index < -0.39 is 0 Å². The van der Waals surface area contributed by atoms with Crippen LogP contribution in [0, 0.1) is 19.7 Å². The van der Waals surface area contributed by atoms with Crippen LogP contribution in [0.15, 0.2) is 28.7 Å². The highest BCUT2D eigenvalue weighted by Crippen LogP contribution is 2.14. The molecule has 1 N–H and O–H groups in total. The fraction of sp³-hybridized carbons (Fsp3) is 0.286. The molecule has 2 rings (SSSR count). The summed E-state index contributed by atoms with van der Waals surface area (Å²) in [6, 6.07) is 8.07. The summed E-state index contributed by atoms with van der Waals surface area (Å²) in [5, 5.41) is 3.02. The molecule has 1 aromatic carbocycles. The van der Waals surface area contributed by atoms with Crippen LogP contribution in [0.3, 0.4) is 0 Å². The molecular weight excluding hydrogens is 309 g/mol. The molecule has 0 radical (unpaired) electrons. The van der Waals surface area contributed by atoms with Crippen molar-refractivity contribution in [1.29, 1.82) is 0 Å². The maximum Gasteiger partial charge on any atom is 0.186 e. The molecule has 0 bridgehead atoms. The van der Waals surface area contributed by atoms with Gasteiger partial charge in [-0.15, -0.1) is 0 Å². The Labute approximate surface area is 120 Å². The average molecular weight is 324 g/mol. The number of benzene rings is 1. The second kappa shape index (κ2) is 6.10. The molecule has 0 unspecified atom stereocenters. The van der Waals surface area contributed by atoms with E-state index in [4.69, 9.17) is 0 Å². The summed E-state index contributed by atoms with van der Waals surface area (Å²) in [7, 11) is 0. The van der Waals surface area contributed by atoms with Crippen LogP contribution in [0.4, 0.5) is 10.2 Å². The number of anilines is 1. The molecule has 19 heavy (non-hydrogen) atoms. The number of hydrogen-bond donors (Lipinski definition) is 1. The lowest BCUT2D eigenvalue weighted by Gasteiger charge is -2.09. The molecule has 1 aromatic heterocycles. The van der Waals surface area contributed by atoms with Crippen LogP contribution in [0.2, 0.25) is 0 Å². The van der Waals surface area contributed by atoms with Gasteiger partial charge in [0.05, 0.1) is 5.69 Å². The van der Waals surface area contributed by atoms with Crippen LogP contribution < -0.4 is 5.32 Å². The first kappa shape index (κ1) is 13.9. The van der Waals surface area contributed by atoms with Crippen molar-refractivity contribution < 1.29 is 4.39 Å². The van der Waals surface area contributed by atoms with Crippen molar-refractivity contribution in [2.75, 3.05) is 11.9 Å². The van der Waals surface area contributed by atoms with Gasteiger partial charge >= 0.3 is 0 Å². The summed E-state index contributed by atoms with van der Waals surface area (Å²) in [4.78, 5) is 8.05. The molecule has 0 amide bonds. The summed E-state index contributed by atoms with van der Waals surface area (Å²) >= 11 is 3.39. The van der Waals surface area contributed by atoms with Crippen LogP contribution >= 0.6 is 15.9 Å². The number of rotatable bonds is 4. The Morgan fingerprint density at radius 2 is 1.84 bits per heavy atom. The highest BCUT2D eigenvalue weighted by atomic mass is 79.9. The Hall–Kier alpha value is -1.49. The molecule has 0 atom stereocenters. The van der Waals surface area contributed by atoms with Gasteiger partial charge in [0.2, 0.25) is 0 Å². The van der Waals surface area contributed by atoms with Crippen molar-refractivity contribution in [3.63, 3.8) is 0 Å². The molecule has 1 heterocycles. The SMILES string of the molecule is Cc1nc(C)c(F)c(NCCc2ccc(Br)cc2)n1. The molecule has 0 aliphatic heterocycles. The lowest BCUT2D eigenvalue weighted by Crippen LogP contribution is -2.10. The zero-order valence-corrected chi connectivity index (χ0v) is 12.5. The first-order valence-electron chi connectivity index (χ1n) is 6.05. The van der Waals surface area contributed by atoms with Crippen molar-refractivity contribution in [2.45, 2.75) is 20.3 Å². The predicted octanol–water partition coefficient (Wildman–Crippen LogP) is 3.65. The van der Waals surface area contributed by atoms with E-state index in [9.17, 15) is 4.39 Å². The van der Waals surface area contributed by atoms with Gasteiger partial charge < -0.3 is 5.32 Å². The quantitative estimate of drug-likeness (QED) is 0.933. The van der Waals surface area contributed by atoms with Crippen LogP contribution in [0.25, 0.3) is 0 Å². The van der Waals surface area contributed by atoms with E-state index in [1.165, 1.54) is 5.56 Å². The zero-order chi connectivity index (χ0) is 13.8. The van der Waals surface area contributed by atoms with Gasteiger partial charge in [0, 0.05) is 11.0 Å². The summed E-state index contributed by atoms with van der Waals surface area (Å²) in [5.74, 6) is 0.480. The van der Waals surface area contributed by atoms with Gasteiger partial charge in [-0.1, -0.05) is 28.1 Å². The molecule has 2 aromatic rings. The Morgan fingerprint density at radius 1 is 1.16 bits per heavy atom. The number of aryl methyl sites for hydroxylation is 2. The van der Waals surface area contributed by atoms with Crippen molar-refractivity contribution in [2.24, 2.45) is 0 Å². The standard InChI is InChI=1S/C14H15BrFN3/c1-9-13(16)14(19-10(2)18-9)17-8-7-11-3-5-12(15)6-4-11/h3-6H,7-8H2,1-2H3,(H,17,18,19). The van der Waals surface area contributed by atoms with Crippen molar-refractivity contribution in [1.82, 2.24) is 9.97 Å². The lowest BCUT2D eigenvalue weighted by molar-refractivity contribution is 0.602. The van der Waals surface area contributed by atoms with Gasteiger partial charge in [0.15, 0.2) is 11.6 Å². The largest absolute Gasteiger partial charge is 0.367 e.